The molecule has 0 aliphatic heterocycles. The molecule has 0 fully saturated rings. The Morgan fingerprint density at radius 3 is 2.13 bits per heavy atom. The number of halogens is 1. The molecular formula is C30H36FN3O4S. The van der Waals surface area contributed by atoms with Crippen molar-refractivity contribution in [2.75, 3.05) is 10.8 Å². The normalized spacial score (nSPS) is 12.2. The Bertz CT molecular complexity index is 1390. The van der Waals surface area contributed by atoms with Gasteiger partial charge in [0.25, 0.3) is 10.0 Å². The molecule has 3 rings (SSSR count). The SMILES string of the molecule is CCC(C(=O)NC(C)C)N(Cc1ccc(F)cc1)C(=O)CN(c1ccc(C)c(C)c1)S(=O)(=O)c1ccccc1. The third-order valence-electron chi connectivity index (χ3n) is 6.47. The highest BCUT2D eigenvalue weighted by atomic mass is 32.2. The molecule has 7 nitrogen and oxygen atoms in total. The molecule has 2 amide bonds. The van der Waals surface area contributed by atoms with Crippen LogP contribution in [0.3, 0.4) is 0 Å². The molecule has 0 heterocycles. The van der Waals surface area contributed by atoms with Gasteiger partial charge in [-0.2, -0.15) is 0 Å². The van der Waals surface area contributed by atoms with Crippen molar-refractivity contribution in [3.8, 4) is 0 Å². The van der Waals surface area contributed by atoms with E-state index in [-0.39, 0.29) is 23.4 Å². The topological polar surface area (TPSA) is 86.8 Å². The van der Waals surface area contributed by atoms with E-state index in [0.717, 1.165) is 15.4 Å². The summed E-state index contributed by atoms with van der Waals surface area (Å²) < 4.78 is 42.3. The standard InChI is InChI=1S/C30H36FN3O4S/c1-6-28(30(36)32-21(2)3)33(19-24-13-15-25(31)16-14-24)29(35)20-34(26-17-12-22(4)23(5)18-26)39(37,38)27-10-8-7-9-11-27/h7-18,21,28H,6,19-20H2,1-5H3,(H,32,36). The fourth-order valence-electron chi connectivity index (χ4n) is 4.22. The van der Waals surface area contributed by atoms with Crippen LogP contribution in [0.1, 0.15) is 43.9 Å². The summed E-state index contributed by atoms with van der Waals surface area (Å²) in [6.07, 6.45) is 0.306. The Labute approximate surface area is 230 Å². The van der Waals surface area contributed by atoms with Crippen molar-refractivity contribution in [1.82, 2.24) is 10.2 Å². The van der Waals surface area contributed by atoms with Crippen LogP contribution in [0.5, 0.6) is 0 Å². The molecule has 39 heavy (non-hydrogen) atoms. The van der Waals surface area contributed by atoms with Gasteiger partial charge in [-0.1, -0.05) is 43.3 Å². The van der Waals surface area contributed by atoms with Crippen LogP contribution >= 0.6 is 0 Å². The van der Waals surface area contributed by atoms with E-state index in [0.29, 0.717) is 17.7 Å². The molecule has 0 aromatic heterocycles. The number of hydrogen-bond donors (Lipinski definition) is 1. The molecule has 1 N–H and O–H groups in total. The fourth-order valence-corrected chi connectivity index (χ4v) is 5.64. The maximum Gasteiger partial charge on any atom is 0.264 e. The van der Waals surface area contributed by atoms with Gasteiger partial charge in [-0.05, 0) is 87.2 Å². The van der Waals surface area contributed by atoms with E-state index in [2.05, 4.69) is 5.32 Å². The van der Waals surface area contributed by atoms with Crippen molar-refractivity contribution in [2.24, 2.45) is 0 Å². The van der Waals surface area contributed by atoms with E-state index in [4.69, 9.17) is 0 Å². The summed E-state index contributed by atoms with van der Waals surface area (Å²) >= 11 is 0. The van der Waals surface area contributed by atoms with Crippen LogP contribution in [0.4, 0.5) is 10.1 Å². The number of amides is 2. The average molecular weight is 554 g/mol. The van der Waals surface area contributed by atoms with Crippen LogP contribution in [0.25, 0.3) is 0 Å². The van der Waals surface area contributed by atoms with Gasteiger partial charge in [-0.3, -0.25) is 13.9 Å². The summed E-state index contributed by atoms with van der Waals surface area (Å²) in [6, 6.07) is 17.8. The van der Waals surface area contributed by atoms with Gasteiger partial charge in [0.2, 0.25) is 11.8 Å². The summed E-state index contributed by atoms with van der Waals surface area (Å²) in [5, 5.41) is 2.85. The average Bonchev–Trinajstić information content (AvgIpc) is 2.90. The highest BCUT2D eigenvalue weighted by Gasteiger charge is 2.33. The number of nitrogens with zero attached hydrogens (tertiary/aromatic N) is 2. The molecule has 0 spiro atoms. The zero-order valence-corrected chi connectivity index (χ0v) is 23.8. The minimum absolute atomic E-state index is 0.00921. The van der Waals surface area contributed by atoms with E-state index in [9.17, 15) is 22.4 Å². The lowest BCUT2D eigenvalue weighted by molar-refractivity contribution is -0.140. The zero-order valence-electron chi connectivity index (χ0n) is 23.0. The summed E-state index contributed by atoms with van der Waals surface area (Å²) in [7, 11) is -4.13. The van der Waals surface area contributed by atoms with Crippen LogP contribution in [0.2, 0.25) is 0 Å². The molecule has 3 aromatic rings. The van der Waals surface area contributed by atoms with Crippen LogP contribution in [-0.2, 0) is 26.2 Å². The molecular weight excluding hydrogens is 517 g/mol. The maximum atomic E-state index is 14.0. The second-order valence-corrected chi connectivity index (χ2v) is 11.7. The van der Waals surface area contributed by atoms with Crippen LogP contribution in [-0.4, -0.2) is 43.8 Å². The van der Waals surface area contributed by atoms with Gasteiger partial charge in [0.1, 0.15) is 18.4 Å². The largest absolute Gasteiger partial charge is 0.352 e. The molecule has 1 unspecified atom stereocenters. The number of anilines is 1. The minimum atomic E-state index is -4.13. The Hall–Kier alpha value is -3.72. The first kappa shape index (κ1) is 29.8. The summed E-state index contributed by atoms with van der Waals surface area (Å²) in [5.74, 6) is -1.31. The molecule has 0 radical (unpaired) electrons. The van der Waals surface area contributed by atoms with Crippen molar-refractivity contribution >= 4 is 27.5 Å². The van der Waals surface area contributed by atoms with Gasteiger partial charge >= 0.3 is 0 Å². The fraction of sp³-hybridized carbons (Fsp3) is 0.333. The smallest absolute Gasteiger partial charge is 0.264 e. The van der Waals surface area contributed by atoms with Crippen molar-refractivity contribution in [3.63, 3.8) is 0 Å². The first-order valence-electron chi connectivity index (χ1n) is 12.9. The third kappa shape index (κ3) is 7.44. The quantitative estimate of drug-likeness (QED) is 0.363. The first-order chi connectivity index (χ1) is 18.4. The van der Waals surface area contributed by atoms with Crippen molar-refractivity contribution < 1.29 is 22.4 Å². The van der Waals surface area contributed by atoms with Gasteiger partial charge < -0.3 is 10.2 Å². The van der Waals surface area contributed by atoms with E-state index in [1.807, 2.05) is 33.8 Å². The van der Waals surface area contributed by atoms with Crippen LogP contribution < -0.4 is 9.62 Å². The van der Waals surface area contributed by atoms with Crippen molar-refractivity contribution in [2.45, 2.75) is 64.6 Å². The summed E-state index contributed by atoms with van der Waals surface area (Å²) in [4.78, 5) is 28.5. The molecule has 9 heteroatoms. The number of carbonyl (C=O) groups is 2. The maximum absolute atomic E-state index is 14.0. The van der Waals surface area contributed by atoms with Gasteiger partial charge in [0, 0.05) is 12.6 Å². The summed E-state index contributed by atoms with van der Waals surface area (Å²) in [5.41, 5.74) is 2.82. The molecule has 208 valence electrons. The number of nitrogens with one attached hydrogen (secondary N) is 1. The monoisotopic (exact) mass is 553 g/mol. The third-order valence-corrected chi connectivity index (χ3v) is 8.26. The van der Waals surface area contributed by atoms with Crippen LogP contribution in [0.15, 0.2) is 77.7 Å². The lowest BCUT2D eigenvalue weighted by Gasteiger charge is -2.33. The van der Waals surface area contributed by atoms with Crippen molar-refractivity contribution in [1.29, 1.82) is 0 Å². The molecule has 0 bridgehead atoms. The number of benzene rings is 3. The van der Waals surface area contributed by atoms with Crippen LogP contribution in [0, 0.1) is 19.7 Å². The predicted molar refractivity (Wildman–Crippen MR) is 151 cm³/mol. The first-order valence-corrected chi connectivity index (χ1v) is 14.4. The second-order valence-electron chi connectivity index (χ2n) is 9.83. The Balaban J connectivity index is 2.07. The van der Waals surface area contributed by atoms with Crippen molar-refractivity contribution in [3.05, 3.63) is 95.3 Å². The van der Waals surface area contributed by atoms with Gasteiger partial charge in [0.15, 0.2) is 0 Å². The second kappa shape index (κ2) is 12.9. The Morgan fingerprint density at radius 2 is 1.56 bits per heavy atom. The molecule has 0 aliphatic rings. The lowest BCUT2D eigenvalue weighted by atomic mass is 10.1. The molecule has 0 saturated carbocycles. The number of carbonyl (C=O) groups excluding carboxylic acids is 2. The molecule has 3 aromatic carbocycles. The highest BCUT2D eigenvalue weighted by Crippen LogP contribution is 2.26. The Kier molecular flexibility index (Phi) is 9.86. The molecule has 1 atom stereocenters. The summed E-state index contributed by atoms with van der Waals surface area (Å²) in [6.45, 7) is 8.72. The highest BCUT2D eigenvalue weighted by molar-refractivity contribution is 7.92. The number of hydrogen-bond acceptors (Lipinski definition) is 4. The molecule has 0 aliphatic carbocycles. The van der Waals surface area contributed by atoms with Gasteiger partial charge in [0.05, 0.1) is 10.6 Å². The molecule has 0 saturated heterocycles. The minimum Gasteiger partial charge on any atom is -0.352 e. The van der Waals surface area contributed by atoms with E-state index >= 15 is 0 Å². The number of aryl methyl sites for hydroxylation is 2. The van der Waals surface area contributed by atoms with E-state index in [1.165, 1.54) is 29.2 Å². The predicted octanol–water partition coefficient (Wildman–Crippen LogP) is 4.97. The van der Waals surface area contributed by atoms with Gasteiger partial charge in [-0.15, -0.1) is 0 Å². The zero-order chi connectivity index (χ0) is 28.7. The van der Waals surface area contributed by atoms with E-state index < -0.39 is 34.3 Å². The van der Waals surface area contributed by atoms with E-state index in [1.54, 1.807) is 49.4 Å². The number of sulfonamides is 1. The van der Waals surface area contributed by atoms with Gasteiger partial charge in [-0.25, -0.2) is 12.8 Å². The Morgan fingerprint density at radius 1 is 0.923 bits per heavy atom. The number of rotatable bonds is 11. The lowest BCUT2D eigenvalue weighted by Crippen LogP contribution is -2.53.